The van der Waals surface area contributed by atoms with Crippen molar-refractivity contribution in [3.05, 3.63) is 67.6 Å². The molecule has 0 spiro atoms. The molecule has 1 aromatic heterocycles. The van der Waals surface area contributed by atoms with Gasteiger partial charge >= 0.3 is 17.9 Å². The van der Waals surface area contributed by atoms with E-state index in [1.54, 1.807) is 21.4 Å². The average molecular weight is 620 g/mol. The molecular formula is C27H33IN4O5. The average Bonchev–Trinajstić information content (AvgIpc) is 3.15. The van der Waals surface area contributed by atoms with Gasteiger partial charge in [0, 0.05) is 30.3 Å². The highest BCUT2D eigenvalue weighted by Crippen LogP contribution is 2.26. The van der Waals surface area contributed by atoms with Crippen LogP contribution in [0.1, 0.15) is 38.3 Å². The number of halogens is 1. The largest absolute Gasteiger partial charge is 0.445 e. The third-order valence-corrected chi connectivity index (χ3v) is 7.42. The maximum atomic E-state index is 13.2. The number of hydrogen-bond acceptors (Lipinski definition) is 5. The van der Waals surface area contributed by atoms with Gasteiger partial charge in [-0.1, -0.05) is 30.3 Å². The zero-order valence-corrected chi connectivity index (χ0v) is 23.8. The van der Waals surface area contributed by atoms with Crippen LogP contribution < -0.4 is 5.69 Å². The van der Waals surface area contributed by atoms with Crippen LogP contribution in [0.25, 0.3) is 11.0 Å². The number of rotatable bonds is 5. The minimum atomic E-state index is -0.608. The summed E-state index contributed by atoms with van der Waals surface area (Å²) in [4.78, 5) is 44.5. The van der Waals surface area contributed by atoms with Crippen LogP contribution in [0.4, 0.5) is 9.59 Å². The monoisotopic (exact) mass is 620 g/mol. The zero-order valence-electron chi connectivity index (χ0n) is 21.6. The first-order chi connectivity index (χ1) is 17.5. The Hall–Kier alpha value is -3.02. The first-order valence-electron chi connectivity index (χ1n) is 12.3. The number of carbonyl (C=O) groups excluding carboxylic acids is 2. The highest BCUT2D eigenvalue weighted by molar-refractivity contribution is 14.1. The Morgan fingerprint density at radius 2 is 1.81 bits per heavy atom. The van der Waals surface area contributed by atoms with E-state index in [0.717, 1.165) is 25.7 Å². The summed E-state index contributed by atoms with van der Waals surface area (Å²) in [5.41, 5.74) is 2.80. The Kier molecular flexibility index (Phi) is 8.15. The van der Waals surface area contributed by atoms with Gasteiger partial charge in [0.2, 0.25) is 0 Å². The maximum Gasteiger partial charge on any atom is 0.410 e. The fraction of sp³-hybridized carbons (Fsp3) is 0.444. The summed E-state index contributed by atoms with van der Waals surface area (Å²) in [6.45, 7) is 6.75. The van der Waals surface area contributed by atoms with Gasteiger partial charge in [0.15, 0.2) is 0 Å². The smallest absolute Gasteiger partial charge is 0.410 e. The van der Waals surface area contributed by atoms with E-state index in [1.165, 1.54) is 0 Å². The number of imidazole rings is 1. The third kappa shape index (κ3) is 6.46. The molecule has 37 heavy (non-hydrogen) atoms. The van der Waals surface area contributed by atoms with Crippen LogP contribution in [0.5, 0.6) is 0 Å². The van der Waals surface area contributed by atoms with Gasteiger partial charge in [0.05, 0.1) is 17.1 Å². The number of aryl methyl sites for hydroxylation is 2. The first kappa shape index (κ1) is 27.0. The molecule has 0 saturated carbocycles. The van der Waals surface area contributed by atoms with E-state index in [4.69, 9.17) is 9.47 Å². The van der Waals surface area contributed by atoms with Crippen LogP contribution >= 0.6 is 22.6 Å². The van der Waals surface area contributed by atoms with E-state index in [1.807, 2.05) is 63.2 Å². The van der Waals surface area contributed by atoms with Crippen LogP contribution in [0.15, 0.2) is 47.3 Å². The number of piperazine rings is 1. The van der Waals surface area contributed by atoms with E-state index in [-0.39, 0.29) is 24.4 Å². The number of nitrogens with one attached hydrogen (secondary N) is 1. The van der Waals surface area contributed by atoms with Crippen molar-refractivity contribution >= 4 is 45.8 Å². The minimum Gasteiger partial charge on any atom is -0.445 e. The van der Waals surface area contributed by atoms with Gasteiger partial charge in [0.1, 0.15) is 12.2 Å². The number of nitrogens with zero attached hydrogens (tertiary/aromatic N) is 3. The predicted octanol–water partition coefficient (Wildman–Crippen LogP) is 4.66. The molecule has 9 nitrogen and oxygen atoms in total. The Morgan fingerprint density at radius 3 is 2.51 bits per heavy atom. The van der Waals surface area contributed by atoms with Gasteiger partial charge in [-0.25, -0.2) is 14.4 Å². The lowest BCUT2D eigenvalue weighted by Crippen LogP contribution is -2.57. The van der Waals surface area contributed by atoms with E-state index >= 15 is 0 Å². The lowest BCUT2D eigenvalue weighted by molar-refractivity contribution is 0.000186. The molecule has 1 fully saturated rings. The van der Waals surface area contributed by atoms with Gasteiger partial charge < -0.3 is 24.3 Å². The zero-order chi connectivity index (χ0) is 26.7. The van der Waals surface area contributed by atoms with E-state index in [0.29, 0.717) is 32.5 Å². The van der Waals surface area contributed by atoms with Crippen LogP contribution in [-0.2, 0) is 29.5 Å². The molecule has 0 aliphatic carbocycles. The second-order valence-electron chi connectivity index (χ2n) is 10.3. The summed E-state index contributed by atoms with van der Waals surface area (Å²) < 4.78 is 13.9. The van der Waals surface area contributed by atoms with Crippen molar-refractivity contribution in [1.29, 1.82) is 0 Å². The van der Waals surface area contributed by atoms with Crippen molar-refractivity contribution in [2.45, 2.75) is 51.9 Å². The molecule has 0 unspecified atom stereocenters. The molecule has 10 heteroatoms. The molecule has 198 valence electrons. The molecule has 1 aliphatic heterocycles. The van der Waals surface area contributed by atoms with E-state index in [9.17, 15) is 14.4 Å². The minimum absolute atomic E-state index is 0.168. The number of carbonyl (C=O) groups is 2. The maximum absolute atomic E-state index is 13.2. The topological polar surface area (TPSA) is 96.9 Å². The number of H-pyrrole nitrogens is 1. The van der Waals surface area contributed by atoms with Crippen molar-refractivity contribution in [2.75, 3.05) is 19.6 Å². The van der Waals surface area contributed by atoms with E-state index < -0.39 is 11.7 Å². The number of ether oxygens (including phenoxy) is 2. The normalized spacial score (nSPS) is 16.2. The molecule has 2 aromatic carbocycles. The second-order valence-corrected chi connectivity index (χ2v) is 11.4. The van der Waals surface area contributed by atoms with Crippen LogP contribution in [0, 0.1) is 3.57 Å². The highest BCUT2D eigenvalue weighted by atomic mass is 127. The van der Waals surface area contributed by atoms with Crippen LogP contribution in [0.3, 0.4) is 0 Å². The summed E-state index contributed by atoms with van der Waals surface area (Å²) in [6, 6.07) is 13.2. The van der Waals surface area contributed by atoms with Crippen molar-refractivity contribution in [1.82, 2.24) is 19.4 Å². The van der Waals surface area contributed by atoms with Gasteiger partial charge in [-0.15, -0.1) is 0 Å². The van der Waals surface area contributed by atoms with Crippen molar-refractivity contribution in [2.24, 2.45) is 7.05 Å². The number of amides is 2. The van der Waals surface area contributed by atoms with Gasteiger partial charge in [0.25, 0.3) is 0 Å². The van der Waals surface area contributed by atoms with Crippen LogP contribution in [-0.4, -0.2) is 62.8 Å². The Balaban J connectivity index is 1.54. The molecule has 4 rings (SSSR count). The Labute approximate surface area is 229 Å². The second kappa shape index (κ2) is 11.2. The SMILES string of the molecule is Cn1c(=O)[nH]c2ccc(I)c(CC[C@@H]3CN(C(=O)OC(C)(C)C)CCN3C(=O)OCc3ccccc3)c21. The molecule has 2 heterocycles. The highest BCUT2D eigenvalue weighted by Gasteiger charge is 2.35. The lowest BCUT2D eigenvalue weighted by atomic mass is 10.0. The molecule has 0 radical (unpaired) electrons. The summed E-state index contributed by atoms with van der Waals surface area (Å²) >= 11 is 2.28. The van der Waals surface area contributed by atoms with Gasteiger partial charge in [-0.2, -0.15) is 0 Å². The molecule has 0 bridgehead atoms. The third-order valence-electron chi connectivity index (χ3n) is 6.41. The van der Waals surface area contributed by atoms with Gasteiger partial charge in [-0.05, 0) is 79.5 Å². The summed E-state index contributed by atoms with van der Waals surface area (Å²) in [7, 11) is 1.75. The predicted molar refractivity (Wildman–Crippen MR) is 150 cm³/mol. The molecule has 1 saturated heterocycles. The molecule has 1 N–H and O–H groups in total. The number of aromatic nitrogens is 2. The standard InChI is InChI=1S/C27H33IN4O5/c1-27(2,3)37-25(34)31-14-15-32(26(35)36-17-18-8-6-5-7-9-18)19(16-31)10-11-20-21(28)12-13-22-23(20)30(4)24(33)29-22/h5-9,12-13,19H,10-11,14-17H2,1-4H3,(H,29,33)/t19-/m1/s1. The number of benzene rings is 2. The number of hydrogen-bond donors (Lipinski definition) is 1. The quantitative estimate of drug-likeness (QED) is 0.419. The Bertz CT molecular complexity index is 1330. The molecule has 3 aromatic rings. The molecular weight excluding hydrogens is 587 g/mol. The molecule has 1 atom stereocenters. The van der Waals surface area contributed by atoms with E-state index in [2.05, 4.69) is 27.6 Å². The summed E-state index contributed by atoms with van der Waals surface area (Å²) in [5, 5.41) is 0. The first-order valence-corrected chi connectivity index (χ1v) is 13.4. The number of aromatic amines is 1. The van der Waals surface area contributed by atoms with Gasteiger partial charge in [-0.3, -0.25) is 4.57 Å². The van der Waals surface area contributed by atoms with Crippen molar-refractivity contribution in [3.8, 4) is 0 Å². The number of fused-ring (bicyclic) bond motifs is 1. The molecule has 2 amide bonds. The Morgan fingerprint density at radius 1 is 1.08 bits per heavy atom. The fourth-order valence-electron chi connectivity index (χ4n) is 4.58. The van der Waals surface area contributed by atoms with Crippen molar-refractivity contribution in [3.63, 3.8) is 0 Å². The lowest BCUT2D eigenvalue weighted by Gasteiger charge is -2.41. The molecule has 1 aliphatic rings. The fourth-order valence-corrected chi connectivity index (χ4v) is 5.29. The van der Waals surface area contributed by atoms with Crippen LogP contribution in [0.2, 0.25) is 0 Å². The summed E-state index contributed by atoms with van der Waals surface area (Å²) in [5.74, 6) is 0. The van der Waals surface area contributed by atoms with Crippen molar-refractivity contribution < 1.29 is 19.1 Å². The summed E-state index contributed by atoms with van der Waals surface area (Å²) in [6.07, 6.45) is 0.420.